The Morgan fingerprint density at radius 2 is 1.74 bits per heavy atom. The maximum Gasteiger partial charge on any atom is 0.416 e. The first kappa shape index (κ1) is 21.4. The van der Waals surface area contributed by atoms with Crippen LogP contribution in [0.3, 0.4) is 0 Å². The Morgan fingerprint density at radius 1 is 1.00 bits per heavy atom. The summed E-state index contributed by atoms with van der Waals surface area (Å²) < 4.78 is 66.6. The number of pyridine rings is 1. The molecule has 1 aliphatic rings. The van der Waals surface area contributed by atoms with Gasteiger partial charge in [0.2, 0.25) is 0 Å². The molecule has 162 valence electrons. The lowest BCUT2D eigenvalue weighted by Crippen LogP contribution is -2.43. The topological polar surface area (TPSA) is 41.9 Å². The molecule has 1 aliphatic heterocycles. The monoisotopic (exact) mass is 454 g/mol. The molecule has 0 unspecified atom stereocenters. The lowest BCUT2D eigenvalue weighted by Gasteiger charge is -2.33. The third-order valence-corrected chi connectivity index (χ3v) is 5.29. The van der Waals surface area contributed by atoms with E-state index in [0.29, 0.717) is 24.1 Å². The van der Waals surface area contributed by atoms with E-state index in [1.54, 1.807) is 6.07 Å². The molecule has 0 N–H and O–H groups in total. The van der Waals surface area contributed by atoms with Gasteiger partial charge >= 0.3 is 6.18 Å². The second-order valence-corrected chi connectivity index (χ2v) is 7.64. The Balaban J connectivity index is 1.81. The van der Waals surface area contributed by atoms with Crippen molar-refractivity contribution in [3.05, 3.63) is 59.5 Å². The molecular weight excluding hydrogens is 439 g/mol. The van der Waals surface area contributed by atoms with E-state index in [9.17, 15) is 22.0 Å². The molecule has 3 aromatic rings. The maximum absolute atomic E-state index is 13.9. The first-order valence-corrected chi connectivity index (χ1v) is 9.79. The van der Waals surface area contributed by atoms with Crippen LogP contribution >= 0.6 is 11.6 Å². The van der Waals surface area contributed by atoms with Gasteiger partial charge in [-0.1, -0.05) is 23.7 Å². The summed E-state index contributed by atoms with van der Waals surface area (Å²) in [6, 6.07) is 6.08. The number of benzene rings is 1. The number of halogens is 6. The number of nitrogens with zero attached hydrogens (tertiary/aromatic N) is 4. The molecule has 4 nitrogen and oxygen atoms in total. The van der Waals surface area contributed by atoms with Crippen molar-refractivity contribution in [3.63, 3.8) is 0 Å². The lowest BCUT2D eigenvalue weighted by atomic mass is 10.0. The van der Waals surface area contributed by atoms with E-state index >= 15 is 0 Å². The quantitative estimate of drug-likeness (QED) is 0.447. The normalized spacial score (nSPS) is 16.4. The van der Waals surface area contributed by atoms with Gasteiger partial charge in [0.25, 0.3) is 5.92 Å². The molecule has 10 heteroatoms. The number of rotatable bonds is 3. The van der Waals surface area contributed by atoms with E-state index in [4.69, 9.17) is 11.6 Å². The standard InChI is InChI=1S/C21H16ClF5N4/c22-16-10-28-8-6-15(16)19-18(13-2-4-14(5-3-13)21(25,26)27)29-11-17(30-19)31-9-1-7-20(23,24)12-31/h2-6,8,10-11H,1,7,9,12H2. The zero-order valence-corrected chi connectivity index (χ0v) is 16.8. The predicted molar refractivity (Wildman–Crippen MR) is 107 cm³/mol. The van der Waals surface area contributed by atoms with Crippen LogP contribution in [0.25, 0.3) is 22.5 Å². The number of aromatic nitrogens is 3. The number of hydrogen-bond donors (Lipinski definition) is 0. The molecule has 0 saturated carbocycles. The van der Waals surface area contributed by atoms with E-state index in [-0.39, 0.29) is 28.6 Å². The highest BCUT2D eigenvalue weighted by molar-refractivity contribution is 6.33. The van der Waals surface area contributed by atoms with E-state index in [1.807, 2.05) is 0 Å². The van der Waals surface area contributed by atoms with Gasteiger partial charge in [0.1, 0.15) is 11.5 Å². The molecule has 2 aromatic heterocycles. The molecule has 0 amide bonds. The zero-order valence-electron chi connectivity index (χ0n) is 16.0. The highest BCUT2D eigenvalue weighted by atomic mass is 35.5. The third kappa shape index (κ3) is 4.61. The van der Waals surface area contributed by atoms with Crippen molar-refractivity contribution < 1.29 is 22.0 Å². The molecule has 4 rings (SSSR count). The van der Waals surface area contributed by atoms with E-state index < -0.39 is 24.2 Å². The van der Waals surface area contributed by atoms with Gasteiger partial charge in [-0.25, -0.2) is 13.8 Å². The van der Waals surface area contributed by atoms with Gasteiger partial charge in [0.15, 0.2) is 0 Å². The summed E-state index contributed by atoms with van der Waals surface area (Å²) in [6.07, 6.45) is -0.111. The Kier molecular flexibility index (Phi) is 5.55. The van der Waals surface area contributed by atoms with Crippen LogP contribution < -0.4 is 4.90 Å². The molecule has 1 fully saturated rings. The molecule has 0 radical (unpaired) electrons. The summed E-state index contributed by atoms with van der Waals surface area (Å²) in [5, 5.41) is 0.256. The van der Waals surface area contributed by atoms with Crippen molar-refractivity contribution in [3.8, 4) is 22.5 Å². The van der Waals surface area contributed by atoms with Crippen molar-refractivity contribution in [2.75, 3.05) is 18.0 Å². The Labute approximate surface area is 179 Å². The minimum atomic E-state index is -4.47. The summed E-state index contributed by atoms with van der Waals surface area (Å²) in [4.78, 5) is 14.3. The fourth-order valence-electron chi connectivity index (χ4n) is 3.48. The van der Waals surface area contributed by atoms with Gasteiger partial charge in [0.05, 0.1) is 29.0 Å². The zero-order chi connectivity index (χ0) is 22.2. The molecule has 0 spiro atoms. The van der Waals surface area contributed by atoms with Crippen LogP contribution in [0.1, 0.15) is 18.4 Å². The van der Waals surface area contributed by atoms with Crippen LogP contribution in [0.5, 0.6) is 0 Å². The van der Waals surface area contributed by atoms with Gasteiger partial charge in [0, 0.05) is 36.5 Å². The molecule has 0 bridgehead atoms. The van der Waals surface area contributed by atoms with Crippen LogP contribution in [0, 0.1) is 0 Å². The van der Waals surface area contributed by atoms with Crippen LogP contribution in [0.15, 0.2) is 48.9 Å². The van der Waals surface area contributed by atoms with E-state index in [2.05, 4.69) is 15.0 Å². The smallest absolute Gasteiger partial charge is 0.349 e. The number of piperidine rings is 1. The Hall–Kier alpha value is -2.81. The van der Waals surface area contributed by atoms with Crippen molar-refractivity contribution in [1.82, 2.24) is 15.0 Å². The minimum Gasteiger partial charge on any atom is -0.349 e. The number of alkyl halides is 5. The average Bonchev–Trinajstić information content (AvgIpc) is 2.72. The van der Waals surface area contributed by atoms with Gasteiger partial charge < -0.3 is 4.90 Å². The maximum atomic E-state index is 13.9. The minimum absolute atomic E-state index is 0.191. The predicted octanol–water partition coefficient (Wildman–Crippen LogP) is 6.11. The van der Waals surface area contributed by atoms with E-state index in [0.717, 1.165) is 12.1 Å². The third-order valence-electron chi connectivity index (χ3n) is 4.99. The molecule has 31 heavy (non-hydrogen) atoms. The summed E-state index contributed by atoms with van der Waals surface area (Å²) >= 11 is 6.27. The summed E-state index contributed by atoms with van der Waals surface area (Å²) in [5.41, 5.74) is 0.608. The van der Waals surface area contributed by atoms with Gasteiger partial charge in [-0.15, -0.1) is 0 Å². The van der Waals surface area contributed by atoms with E-state index in [1.165, 1.54) is 35.6 Å². The fraction of sp³-hybridized carbons (Fsp3) is 0.286. The summed E-state index contributed by atoms with van der Waals surface area (Å²) in [7, 11) is 0. The average molecular weight is 455 g/mol. The second kappa shape index (κ2) is 8.03. The first-order chi connectivity index (χ1) is 14.6. The fourth-order valence-corrected chi connectivity index (χ4v) is 3.69. The van der Waals surface area contributed by atoms with Crippen molar-refractivity contribution in [1.29, 1.82) is 0 Å². The number of anilines is 1. The number of hydrogen-bond acceptors (Lipinski definition) is 4. The molecule has 1 saturated heterocycles. The van der Waals surface area contributed by atoms with Gasteiger partial charge in [-0.2, -0.15) is 13.2 Å². The van der Waals surface area contributed by atoms with Crippen molar-refractivity contribution in [2.24, 2.45) is 0 Å². The van der Waals surface area contributed by atoms with Crippen LogP contribution in [-0.2, 0) is 6.18 Å². The van der Waals surface area contributed by atoms with Gasteiger partial charge in [-0.05, 0) is 24.6 Å². The molecule has 0 atom stereocenters. The second-order valence-electron chi connectivity index (χ2n) is 7.24. The van der Waals surface area contributed by atoms with Crippen molar-refractivity contribution in [2.45, 2.75) is 24.9 Å². The van der Waals surface area contributed by atoms with Gasteiger partial charge in [-0.3, -0.25) is 9.97 Å². The van der Waals surface area contributed by atoms with Crippen LogP contribution in [-0.4, -0.2) is 34.0 Å². The SMILES string of the molecule is FC1(F)CCCN(c2cnc(-c3ccc(C(F)(F)F)cc3)c(-c3ccncc3Cl)n2)C1. The lowest BCUT2D eigenvalue weighted by molar-refractivity contribution is -0.137. The first-order valence-electron chi connectivity index (χ1n) is 9.41. The molecule has 1 aromatic carbocycles. The van der Waals surface area contributed by atoms with Crippen LogP contribution in [0.4, 0.5) is 27.8 Å². The highest BCUT2D eigenvalue weighted by Crippen LogP contribution is 2.37. The summed E-state index contributed by atoms with van der Waals surface area (Å²) in [5.74, 6) is -2.58. The summed E-state index contributed by atoms with van der Waals surface area (Å²) in [6.45, 7) is -0.0851. The molecule has 3 heterocycles. The largest absolute Gasteiger partial charge is 0.416 e. The van der Waals surface area contributed by atoms with Crippen LogP contribution in [0.2, 0.25) is 5.02 Å². The molecule has 0 aliphatic carbocycles. The Bertz CT molecular complexity index is 1090. The molecular formula is C21H16ClF5N4. The van der Waals surface area contributed by atoms with Crippen molar-refractivity contribution >= 4 is 17.4 Å². The highest BCUT2D eigenvalue weighted by Gasteiger charge is 2.36. The Morgan fingerprint density at radius 3 is 2.39 bits per heavy atom.